The Labute approximate surface area is 172 Å². The standard InChI is InChI=1S/C21H22ClN3O2S/c22-19-6-5-16(28-19)13-24-9-7-21(8-10-24)11-15(27-20(21)26)12-25-14-23-17-3-1-2-4-18(17)25/h1-6,14-15H,7-13H2. The Morgan fingerprint density at radius 3 is 2.82 bits per heavy atom. The Morgan fingerprint density at radius 2 is 2.04 bits per heavy atom. The highest BCUT2D eigenvalue weighted by Gasteiger charge is 2.50. The van der Waals surface area contributed by atoms with Gasteiger partial charge < -0.3 is 9.30 Å². The SMILES string of the molecule is O=C1OC(Cn2cnc3ccccc32)CC12CCN(Cc1ccc(Cl)s1)CC2. The number of benzene rings is 1. The van der Waals surface area contributed by atoms with Crippen LogP contribution >= 0.6 is 22.9 Å². The van der Waals surface area contributed by atoms with Crippen LogP contribution in [0.2, 0.25) is 4.34 Å². The second-order valence-corrected chi connectivity index (χ2v) is 9.68. The highest BCUT2D eigenvalue weighted by Crippen LogP contribution is 2.44. The minimum atomic E-state index is -0.315. The summed E-state index contributed by atoms with van der Waals surface area (Å²) < 4.78 is 8.74. The Morgan fingerprint density at radius 1 is 1.21 bits per heavy atom. The van der Waals surface area contributed by atoms with Crippen molar-refractivity contribution in [2.75, 3.05) is 13.1 Å². The van der Waals surface area contributed by atoms with Crippen LogP contribution in [0.4, 0.5) is 0 Å². The second kappa shape index (κ2) is 7.17. The number of thiophene rings is 1. The molecule has 1 aromatic carbocycles. The van der Waals surface area contributed by atoms with Gasteiger partial charge in [-0.2, -0.15) is 0 Å². The molecule has 5 rings (SSSR count). The van der Waals surface area contributed by atoms with Gasteiger partial charge in [0.25, 0.3) is 0 Å². The number of para-hydroxylation sites is 2. The zero-order chi connectivity index (χ0) is 19.1. The third kappa shape index (κ3) is 3.34. The normalized spacial score (nSPS) is 22.2. The van der Waals surface area contributed by atoms with Crippen molar-refractivity contribution in [2.24, 2.45) is 5.41 Å². The number of halogens is 1. The molecule has 2 saturated heterocycles. The molecule has 0 aliphatic carbocycles. The molecule has 2 aromatic heterocycles. The minimum absolute atomic E-state index is 0.0132. The number of imidazole rings is 1. The number of carbonyl (C=O) groups excluding carboxylic acids is 1. The number of nitrogens with zero attached hydrogens (tertiary/aromatic N) is 3. The topological polar surface area (TPSA) is 47.4 Å². The molecule has 1 unspecified atom stereocenters. The summed E-state index contributed by atoms with van der Waals surface area (Å²) in [4.78, 5) is 20.9. The van der Waals surface area contributed by atoms with Crippen molar-refractivity contribution in [1.29, 1.82) is 0 Å². The molecule has 3 aromatic rings. The molecule has 0 N–H and O–H groups in total. The summed E-state index contributed by atoms with van der Waals surface area (Å²) in [7, 11) is 0. The van der Waals surface area contributed by atoms with Crippen molar-refractivity contribution < 1.29 is 9.53 Å². The zero-order valence-corrected chi connectivity index (χ0v) is 17.1. The number of piperidine rings is 1. The van der Waals surface area contributed by atoms with E-state index in [1.165, 1.54) is 4.88 Å². The Bertz CT molecular complexity index is 1010. The summed E-state index contributed by atoms with van der Waals surface area (Å²) in [6.45, 7) is 3.43. The number of rotatable bonds is 4. The van der Waals surface area contributed by atoms with Crippen LogP contribution in [0.1, 0.15) is 24.1 Å². The highest BCUT2D eigenvalue weighted by molar-refractivity contribution is 7.16. The van der Waals surface area contributed by atoms with Gasteiger partial charge in [-0.15, -0.1) is 11.3 Å². The average Bonchev–Trinajstić information content (AvgIpc) is 3.37. The van der Waals surface area contributed by atoms with E-state index in [0.717, 1.165) is 54.3 Å². The summed E-state index contributed by atoms with van der Waals surface area (Å²) in [6.07, 6.45) is 4.31. The van der Waals surface area contributed by atoms with Crippen LogP contribution in [0, 0.1) is 5.41 Å². The molecule has 0 radical (unpaired) electrons. The van der Waals surface area contributed by atoms with Gasteiger partial charge in [0.1, 0.15) is 6.10 Å². The van der Waals surface area contributed by atoms with Crippen LogP contribution in [0.25, 0.3) is 11.0 Å². The number of carbonyl (C=O) groups is 1. The van der Waals surface area contributed by atoms with E-state index in [-0.39, 0.29) is 17.5 Å². The molecule has 0 saturated carbocycles. The first-order valence-electron chi connectivity index (χ1n) is 9.69. The van der Waals surface area contributed by atoms with E-state index in [2.05, 4.69) is 26.6 Å². The number of fused-ring (bicyclic) bond motifs is 1. The molecular formula is C21H22ClN3O2S. The molecular weight excluding hydrogens is 394 g/mol. The fourth-order valence-electron chi connectivity index (χ4n) is 4.52. The van der Waals surface area contributed by atoms with E-state index < -0.39 is 0 Å². The van der Waals surface area contributed by atoms with Crippen LogP contribution in [0.5, 0.6) is 0 Å². The van der Waals surface area contributed by atoms with E-state index in [4.69, 9.17) is 16.3 Å². The number of ether oxygens (including phenoxy) is 1. The molecule has 1 spiro atoms. The number of hydrogen-bond donors (Lipinski definition) is 0. The summed E-state index contributed by atoms with van der Waals surface area (Å²) in [6, 6.07) is 12.1. The summed E-state index contributed by atoms with van der Waals surface area (Å²) in [5, 5.41) is 0. The molecule has 2 fully saturated rings. The molecule has 4 heterocycles. The third-order valence-electron chi connectivity index (χ3n) is 6.07. The molecule has 0 bridgehead atoms. The molecule has 146 valence electrons. The number of cyclic esters (lactones) is 1. The van der Waals surface area contributed by atoms with Gasteiger partial charge >= 0.3 is 5.97 Å². The van der Waals surface area contributed by atoms with Gasteiger partial charge in [0.2, 0.25) is 0 Å². The Hall–Kier alpha value is -1.89. The van der Waals surface area contributed by atoms with Crippen molar-refractivity contribution in [2.45, 2.75) is 38.5 Å². The number of esters is 1. The molecule has 1 atom stereocenters. The van der Waals surface area contributed by atoms with Crippen LogP contribution in [-0.4, -0.2) is 39.6 Å². The molecule has 5 nitrogen and oxygen atoms in total. The lowest BCUT2D eigenvalue weighted by Gasteiger charge is -2.36. The highest BCUT2D eigenvalue weighted by atomic mass is 35.5. The quantitative estimate of drug-likeness (QED) is 0.594. The van der Waals surface area contributed by atoms with Gasteiger partial charge in [0.05, 0.1) is 33.7 Å². The largest absolute Gasteiger partial charge is 0.460 e. The predicted octanol–water partition coefficient (Wildman–Crippen LogP) is 4.35. The lowest BCUT2D eigenvalue weighted by molar-refractivity contribution is -0.151. The third-order valence-corrected chi connectivity index (χ3v) is 7.29. The minimum Gasteiger partial charge on any atom is -0.460 e. The van der Waals surface area contributed by atoms with Crippen molar-refractivity contribution in [3.05, 3.63) is 51.9 Å². The first-order chi connectivity index (χ1) is 13.6. The maximum Gasteiger partial charge on any atom is 0.312 e. The van der Waals surface area contributed by atoms with Crippen molar-refractivity contribution in [3.8, 4) is 0 Å². The van der Waals surface area contributed by atoms with Gasteiger partial charge in [-0.05, 0) is 50.2 Å². The van der Waals surface area contributed by atoms with E-state index in [0.29, 0.717) is 6.54 Å². The number of likely N-dealkylation sites (tertiary alicyclic amines) is 1. The fraction of sp³-hybridized carbons (Fsp3) is 0.429. The molecule has 2 aliphatic rings. The average molecular weight is 416 g/mol. The van der Waals surface area contributed by atoms with E-state index in [9.17, 15) is 4.79 Å². The van der Waals surface area contributed by atoms with Gasteiger partial charge in [-0.25, -0.2) is 4.98 Å². The first kappa shape index (κ1) is 18.2. The number of aromatic nitrogens is 2. The van der Waals surface area contributed by atoms with Crippen molar-refractivity contribution >= 4 is 39.9 Å². The summed E-state index contributed by atoms with van der Waals surface area (Å²) in [5.41, 5.74) is 1.75. The van der Waals surface area contributed by atoms with Crippen LogP contribution < -0.4 is 0 Å². The van der Waals surface area contributed by atoms with Gasteiger partial charge in [0, 0.05) is 17.8 Å². The molecule has 2 aliphatic heterocycles. The summed E-state index contributed by atoms with van der Waals surface area (Å²) in [5.74, 6) is -0.0132. The number of hydrogen-bond acceptors (Lipinski definition) is 5. The zero-order valence-electron chi connectivity index (χ0n) is 15.5. The van der Waals surface area contributed by atoms with Crippen molar-refractivity contribution in [1.82, 2.24) is 14.5 Å². The lowest BCUT2D eigenvalue weighted by Crippen LogP contribution is -2.42. The van der Waals surface area contributed by atoms with Gasteiger partial charge in [-0.1, -0.05) is 23.7 Å². The first-order valence-corrected chi connectivity index (χ1v) is 10.9. The maximum atomic E-state index is 12.7. The van der Waals surface area contributed by atoms with Gasteiger partial charge in [-0.3, -0.25) is 9.69 Å². The van der Waals surface area contributed by atoms with Crippen molar-refractivity contribution in [3.63, 3.8) is 0 Å². The monoisotopic (exact) mass is 415 g/mol. The van der Waals surface area contributed by atoms with E-state index in [1.807, 2.05) is 30.6 Å². The predicted molar refractivity (Wildman–Crippen MR) is 111 cm³/mol. The van der Waals surface area contributed by atoms with E-state index >= 15 is 0 Å². The molecule has 0 amide bonds. The van der Waals surface area contributed by atoms with E-state index in [1.54, 1.807) is 11.3 Å². The van der Waals surface area contributed by atoms with Crippen LogP contribution in [0.15, 0.2) is 42.7 Å². The summed E-state index contributed by atoms with van der Waals surface area (Å²) >= 11 is 7.67. The Balaban J connectivity index is 1.23. The maximum absolute atomic E-state index is 12.7. The fourth-order valence-corrected chi connectivity index (χ4v) is 5.65. The van der Waals surface area contributed by atoms with Crippen LogP contribution in [0.3, 0.4) is 0 Å². The van der Waals surface area contributed by atoms with Gasteiger partial charge in [0.15, 0.2) is 0 Å². The Kier molecular flexibility index (Phi) is 4.65. The lowest BCUT2D eigenvalue weighted by atomic mass is 9.76. The molecule has 7 heteroatoms. The smallest absolute Gasteiger partial charge is 0.312 e. The molecule has 28 heavy (non-hydrogen) atoms. The van der Waals surface area contributed by atoms with Crippen LogP contribution in [-0.2, 0) is 22.6 Å². The second-order valence-electron chi connectivity index (χ2n) is 7.88.